The van der Waals surface area contributed by atoms with Crippen LogP contribution in [0.2, 0.25) is 0 Å². The van der Waals surface area contributed by atoms with E-state index in [4.69, 9.17) is 4.74 Å². The number of allylic oxidation sites excluding steroid dienone is 3. The second kappa shape index (κ2) is 3.38. The van der Waals surface area contributed by atoms with E-state index in [2.05, 4.69) is 0 Å². The van der Waals surface area contributed by atoms with E-state index in [1.807, 2.05) is 0 Å². The molecule has 4 nitrogen and oxygen atoms in total. The van der Waals surface area contributed by atoms with E-state index in [0.717, 1.165) is 0 Å². The fraction of sp³-hybridized carbons (Fsp3) is 0.400. The van der Waals surface area contributed by atoms with Crippen molar-refractivity contribution in [1.29, 1.82) is 0 Å². The van der Waals surface area contributed by atoms with E-state index in [-0.39, 0.29) is 18.1 Å². The molecule has 14 heavy (non-hydrogen) atoms. The van der Waals surface area contributed by atoms with Gasteiger partial charge >= 0.3 is 0 Å². The first-order valence-corrected chi connectivity index (χ1v) is 4.50. The lowest BCUT2D eigenvalue weighted by atomic mass is 10.0. The summed E-state index contributed by atoms with van der Waals surface area (Å²) in [6.07, 6.45) is 3.12. The minimum Gasteiger partial charge on any atom is -0.512 e. The summed E-state index contributed by atoms with van der Waals surface area (Å²) in [5.74, 6) is 0.632. The molecular formula is C10H12O4. The summed E-state index contributed by atoms with van der Waals surface area (Å²) in [6.45, 7) is 0.239. The van der Waals surface area contributed by atoms with Crippen molar-refractivity contribution in [2.45, 2.75) is 18.9 Å². The Hall–Kier alpha value is -1.42. The second-order valence-corrected chi connectivity index (χ2v) is 3.44. The van der Waals surface area contributed by atoms with Gasteiger partial charge in [0.25, 0.3) is 0 Å². The van der Waals surface area contributed by atoms with Crippen LogP contribution in [0.15, 0.2) is 35.0 Å². The zero-order chi connectivity index (χ0) is 10.1. The molecule has 76 valence electrons. The Morgan fingerprint density at radius 3 is 2.93 bits per heavy atom. The van der Waals surface area contributed by atoms with Crippen LogP contribution < -0.4 is 0 Å². The van der Waals surface area contributed by atoms with Gasteiger partial charge in [0.1, 0.15) is 18.1 Å². The molecule has 0 spiro atoms. The van der Waals surface area contributed by atoms with Crippen LogP contribution in [-0.2, 0) is 4.74 Å². The van der Waals surface area contributed by atoms with Crippen molar-refractivity contribution < 1.29 is 20.1 Å². The van der Waals surface area contributed by atoms with Gasteiger partial charge in [0.15, 0.2) is 0 Å². The van der Waals surface area contributed by atoms with Gasteiger partial charge in [-0.3, -0.25) is 0 Å². The lowest BCUT2D eigenvalue weighted by Gasteiger charge is -2.23. The van der Waals surface area contributed by atoms with Crippen molar-refractivity contribution in [1.82, 2.24) is 0 Å². The fourth-order valence-corrected chi connectivity index (χ4v) is 1.58. The molecule has 1 aliphatic carbocycles. The van der Waals surface area contributed by atoms with Crippen molar-refractivity contribution in [2.24, 2.45) is 0 Å². The van der Waals surface area contributed by atoms with E-state index in [1.54, 1.807) is 6.08 Å². The van der Waals surface area contributed by atoms with Crippen LogP contribution >= 0.6 is 0 Å². The molecule has 0 radical (unpaired) electrons. The Morgan fingerprint density at radius 2 is 2.14 bits per heavy atom. The standard InChI is InChI=1S/C10H12O4/c11-6-1-2-10-8(9(13)4-6)3-7(12)5-14-10/h2,4,7,11-13H,1,3,5H2. The zero-order valence-corrected chi connectivity index (χ0v) is 7.60. The van der Waals surface area contributed by atoms with Crippen LogP contribution in [0.4, 0.5) is 0 Å². The molecule has 2 rings (SSSR count). The molecule has 0 amide bonds. The Bertz CT molecular complexity index is 338. The molecule has 0 saturated carbocycles. The minimum atomic E-state index is -0.585. The van der Waals surface area contributed by atoms with E-state index in [0.29, 0.717) is 24.2 Å². The smallest absolute Gasteiger partial charge is 0.125 e. The molecule has 1 atom stereocenters. The summed E-state index contributed by atoms with van der Waals surface area (Å²) in [7, 11) is 0. The van der Waals surface area contributed by atoms with Crippen molar-refractivity contribution >= 4 is 0 Å². The van der Waals surface area contributed by atoms with Gasteiger partial charge in [-0.25, -0.2) is 0 Å². The van der Waals surface area contributed by atoms with Crippen molar-refractivity contribution in [3.8, 4) is 0 Å². The summed E-state index contributed by atoms with van der Waals surface area (Å²) in [5, 5.41) is 28.2. The minimum absolute atomic E-state index is 0.0231. The average molecular weight is 196 g/mol. The summed E-state index contributed by atoms with van der Waals surface area (Å²) in [6, 6.07) is 0. The molecule has 0 aromatic carbocycles. The number of hydrogen-bond donors (Lipinski definition) is 3. The molecule has 1 fully saturated rings. The molecule has 3 N–H and O–H groups in total. The number of rotatable bonds is 0. The van der Waals surface area contributed by atoms with Gasteiger partial charge in [0.05, 0.1) is 11.9 Å². The lowest BCUT2D eigenvalue weighted by Crippen LogP contribution is -2.23. The van der Waals surface area contributed by atoms with Gasteiger partial charge in [-0.2, -0.15) is 0 Å². The van der Waals surface area contributed by atoms with Gasteiger partial charge in [0.2, 0.25) is 0 Å². The normalized spacial score (nSPS) is 27.1. The maximum atomic E-state index is 9.58. The summed E-state index contributed by atoms with van der Waals surface area (Å²) < 4.78 is 5.24. The van der Waals surface area contributed by atoms with E-state index in [9.17, 15) is 15.3 Å². The van der Waals surface area contributed by atoms with Crippen LogP contribution in [0.25, 0.3) is 0 Å². The predicted octanol–water partition coefficient (Wildman–Crippen LogP) is 1.31. The maximum Gasteiger partial charge on any atom is 0.125 e. The van der Waals surface area contributed by atoms with Crippen LogP contribution in [-0.4, -0.2) is 28.0 Å². The third-order valence-electron chi connectivity index (χ3n) is 2.28. The number of aliphatic hydroxyl groups is 3. The molecule has 1 heterocycles. The van der Waals surface area contributed by atoms with Crippen LogP contribution in [0.5, 0.6) is 0 Å². The van der Waals surface area contributed by atoms with Gasteiger partial charge in [-0.1, -0.05) is 0 Å². The Kier molecular flexibility index (Phi) is 2.21. The first-order valence-electron chi connectivity index (χ1n) is 4.50. The SMILES string of the molecule is OC1=CC(O)=C2CC(O)COC2=CC1. The monoisotopic (exact) mass is 196 g/mol. The van der Waals surface area contributed by atoms with Crippen molar-refractivity contribution in [2.75, 3.05) is 6.61 Å². The van der Waals surface area contributed by atoms with Gasteiger partial charge in [-0.05, 0) is 6.08 Å². The van der Waals surface area contributed by atoms with Crippen LogP contribution in [0, 0.1) is 0 Å². The van der Waals surface area contributed by atoms with Crippen LogP contribution in [0.3, 0.4) is 0 Å². The largest absolute Gasteiger partial charge is 0.512 e. The number of fused-ring (bicyclic) bond motifs is 1. The quantitative estimate of drug-likeness (QED) is 0.546. The molecule has 0 aromatic rings. The molecule has 1 unspecified atom stereocenters. The third-order valence-corrected chi connectivity index (χ3v) is 2.28. The van der Waals surface area contributed by atoms with Gasteiger partial charge in [-0.15, -0.1) is 0 Å². The second-order valence-electron chi connectivity index (χ2n) is 3.44. The number of ether oxygens (including phenoxy) is 1. The molecule has 1 saturated heterocycles. The molecule has 2 aliphatic rings. The van der Waals surface area contributed by atoms with Crippen molar-refractivity contribution in [3.05, 3.63) is 35.0 Å². The van der Waals surface area contributed by atoms with E-state index >= 15 is 0 Å². The van der Waals surface area contributed by atoms with E-state index in [1.165, 1.54) is 6.08 Å². The number of hydrogen-bond acceptors (Lipinski definition) is 4. The fourth-order valence-electron chi connectivity index (χ4n) is 1.58. The Morgan fingerprint density at radius 1 is 1.36 bits per heavy atom. The summed E-state index contributed by atoms with van der Waals surface area (Å²) in [5.41, 5.74) is 0.563. The molecule has 0 aromatic heterocycles. The average Bonchev–Trinajstić information content (AvgIpc) is 2.27. The summed E-state index contributed by atoms with van der Waals surface area (Å²) >= 11 is 0. The highest BCUT2D eigenvalue weighted by atomic mass is 16.5. The molecule has 1 aliphatic heterocycles. The highest BCUT2D eigenvalue weighted by Crippen LogP contribution is 2.29. The van der Waals surface area contributed by atoms with Crippen LogP contribution in [0.1, 0.15) is 12.8 Å². The Labute approximate surface area is 81.4 Å². The highest BCUT2D eigenvalue weighted by Gasteiger charge is 2.24. The first kappa shape index (κ1) is 9.15. The molecular weight excluding hydrogens is 184 g/mol. The maximum absolute atomic E-state index is 9.58. The topological polar surface area (TPSA) is 69.9 Å². The summed E-state index contributed by atoms with van der Waals surface area (Å²) in [4.78, 5) is 0. The number of aliphatic hydroxyl groups excluding tert-OH is 3. The molecule has 0 bridgehead atoms. The van der Waals surface area contributed by atoms with Gasteiger partial charge in [0, 0.05) is 24.5 Å². The van der Waals surface area contributed by atoms with Crippen molar-refractivity contribution in [3.63, 3.8) is 0 Å². The first-order chi connectivity index (χ1) is 6.66. The Balaban J connectivity index is 2.37. The van der Waals surface area contributed by atoms with Gasteiger partial charge < -0.3 is 20.1 Å². The van der Waals surface area contributed by atoms with E-state index < -0.39 is 6.10 Å². The zero-order valence-electron chi connectivity index (χ0n) is 7.60. The lowest BCUT2D eigenvalue weighted by molar-refractivity contribution is 0.0511. The highest BCUT2D eigenvalue weighted by molar-refractivity contribution is 5.38. The third kappa shape index (κ3) is 1.61. The predicted molar refractivity (Wildman–Crippen MR) is 49.6 cm³/mol. The molecule has 4 heteroatoms.